The van der Waals surface area contributed by atoms with Crippen LogP contribution in [0.3, 0.4) is 0 Å². The normalized spacial score (nSPS) is 16.0. The molecule has 4 rings (SSSR count). The molecule has 0 amide bonds. The van der Waals surface area contributed by atoms with Gasteiger partial charge in [0.05, 0.1) is 5.69 Å². The number of likely N-dealkylation sites (tertiary alicyclic amines) is 1. The standard InChI is InChI=1S/C24H27FN4O/c1-16(19-11-12-20(21(25)15-19)18-9-5-3-6-10-18)22-17(2)23(30-28-22)27-24(26)29-13-7-4-8-14-29/h3,5-6,9-12,15-16H,4,7-8,13-14H2,1-2H3,(H2,26,27). The van der Waals surface area contributed by atoms with Crippen molar-refractivity contribution in [2.45, 2.75) is 39.0 Å². The number of hydrogen-bond acceptors (Lipinski definition) is 3. The van der Waals surface area contributed by atoms with E-state index in [1.807, 2.05) is 56.3 Å². The van der Waals surface area contributed by atoms with Crippen molar-refractivity contribution < 1.29 is 8.91 Å². The molecule has 2 N–H and O–H groups in total. The zero-order valence-corrected chi connectivity index (χ0v) is 17.4. The maximum Gasteiger partial charge on any atom is 0.256 e. The molecule has 1 atom stereocenters. The molecule has 30 heavy (non-hydrogen) atoms. The predicted octanol–water partition coefficient (Wildman–Crippen LogP) is 5.37. The SMILES string of the molecule is Cc1c(C(C)c2ccc(-c3ccccc3)c(F)c2)noc1N=C(N)N1CCCCC1. The Bertz CT molecular complexity index is 1040. The Morgan fingerprint density at radius 1 is 1.13 bits per heavy atom. The van der Waals surface area contributed by atoms with E-state index in [0.29, 0.717) is 17.4 Å². The molecule has 1 aromatic heterocycles. The van der Waals surface area contributed by atoms with Crippen LogP contribution in [0, 0.1) is 12.7 Å². The fourth-order valence-corrected chi connectivity index (χ4v) is 3.96. The van der Waals surface area contributed by atoms with Gasteiger partial charge in [0.2, 0.25) is 0 Å². The van der Waals surface area contributed by atoms with Crippen molar-refractivity contribution in [2.24, 2.45) is 10.7 Å². The van der Waals surface area contributed by atoms with E-state index < -0.39 is 0 Å². The molecule has 5 nitrogen and oxygen atoms in total. The Kier molecular flexibility index (Phi) is 5.84. The third-order valence-electron chi connectivity index (χ3n) is 5.82. The number of benzene rings is 2. The fourth-order valence-electron chi connectivity index (χ4n) is 3.96. The van der Waals surface area contributed by atoms with Gasteiger partial charge < -0.3 is 15.2 Å². The molecule has 156 valence electrons. The number of hydrogen-bond donors (Lipinski definition) is 1. The van der Waals surface area contributed by atoms with Crippen molar-refractivity contribution in [3.63, 3.8) is 0 Å². The van der Waals surface area contributed by atoms with Crippen LogP contribution in [0.2, 0.25) is 0 Å². The average Bonchev–Trinajstić information content (AvgIpc) is 3.14. The lowest BCUT2D eigenvalue weighted by Crippen LogP contribution is -2.40. The zero-order chi connectivity index (χ0) is 21.1. The van der Waals surface area contributed by atoms with E-state index in [1.165, 1.54) is 6.42 Å². The lowest BCUT2D eigenvalue weighted by Gasteiger charge is -2.27. The minimum absolute atomic E-state index is 0.131. The summed E-state index contributed by atoms with van der Waals surface area (Å²) < 4.78 is 20.3. The third-order valence-corrected chi connectivity index (χ3v) is 5.82. The second kappa shape index (κ2) is 8.69. The van der Waals surface area contributed by atoms with E-state index >= 15 is 0 Å². The Morgan fingerprint density at radius 3 is 2.57 bits per heavy atom. The summed E-state index contributed by atoms with van der Waals surface area (Å²) in [5, 5.41) is 4.22. The van der Waals surface area contributed by atoms with Gasteiger partial charge in [-0.15, -0.1) is 0 Å². The van der Waals surface area contributed by atoms with Gasteiger partial charge in [0.15, 0.2) is 5.96 Å². The summed E-state index contributed by atoms with van der Waals surface area (Å²) in [7, 11) is 0. The Morgan fingerprint density at radius 2 is 1.87 bits per heavy atom. The van der Waals surface area contributed by atoms with Gasteiger partial charge in [-0.05, 0) is 43.4 Å². The first-order valence-corrected chi connectivity index (χ1v) is 10.4. The fraction of sp³-hybridized carbons (Fsp3) is 0.333. The molecule has 1 unspecified atom stereocenters. The highest BCUT2D eigenvalue weighted by Gasteiger charge is 2.21. The molecule has 1 saturated heterocycles. The zero-order valence-electron chi connectivity index (χ0n) is 17.4. The molecular weight excluding hydrogens is 379 g/mol. The van der Waals surface area contributed by atoms with Gasteiger partial charge >= 0.3 is 0 Å². The smallest absolute Gasteiger partial charge is 0.256 e. The lowest BCUT2D eigenvalue weighted by atomic mass is 9.93. The van der Waals surface area contributed by atoms with Crippen LogP contribution in [0.4, 0.5) is 10.3 Å². The third kappa shape index (κ3) is 4.08. The number of piperidine rings is 1. The van der Waals surface area contributed by atoms with E-state index in [-0.39, 0.29) is 11.7 Å². The van der Waals surface area contributed by atoms with Gasteiger partial charge in [-0.25, -0.2) is 4.39 Å². The van der Waals surface area contributed by atoms with Gasteiger partial charge in [0.1, 0.15) is 5.82 Å². The maximum absolute atomic E-state index is 14.8. The van der Waals surface area contributed by atoms with Gasteiger partial charge in [-0.2, -0.15) is 4.99 Å². The second-order valence-electron chi connectivity index (χ2n) is 7.84. The number of aliphatic imine (C=N–C) groups is 1. The van der Waals surface area contributed by atoms with Crippen LogP contribution in [0.15, 0.2) is 58.0 Å². The van der Waals surface area contributed by atoms with E-state index in [2.05, 4.69) is 15.0 Å². The maximum atomic E-state index is 14.8. The summed E-state index contributed by atoms with van der Waals surface area (Å²) in [5.41, 5.74) is 10.0. The van der Waals surface area contributed by atoms with Crippen molar-refractivity contribution in [2.75, 3.05) is 13.1 Å². The second-order valence-corrected chi connectivity index (χ2v) is 7.84. The summed E-state index contributed by atoms with van der Waals surface area (Å²) >= 11 is 0. The van der Waals surface area contributed by atoms with E-state index in [9.17, 15) is 4.39 Å². The van der Waals surface area contributed by atoms with Crippen molar-refractivity contribution in [1.82, 2.24) is 10.1 Å². The lowest BCUT2D eigenvalue weighted by molar-refractivity contribution is 0.337. The van der Waals surface area contributed by atoms with Gasteiger partial charge in [-0.3, -0.25) is 0 Å². The van der Waals surface area contributed by atoms with Crippen LogP contribution in [0.5, 0.6) is 0 Å². The first-order valence-electron chi connectivity index (χ1n) is 10.4. The van der Waals surface area contributed by atoms with Crippen molar-refractivity contribution in [1.29, 1.82) is 0 Å². The number of nitrogens with two attached hydrogens (primary N) is 1. The van der Waals surface area contributed by atoms with Crippen molar-refractivity contribution in [3.05, 3.63) is 71.2 Å². The molecule has 3 aromatic rings. The minimum Gasteiger partial charge on any atom is -0.369 e. The predicted molar refractivity (Wildman–Crippen MR) is 117 cm³/mol. The average molecular weight is 407 g/mol. The van der Waals surface area contributed by atoms with Gasteiger partial charge in [0, 0.05) is 30.1 Å². The first kappa shape index (κ1) is 20.1. The summed E-state index contributed by atoms with van der Waals surface area (Å²) in [6.45, 7) is 5.74. The summed E-state index contributed by atoms with van der Waals surface area (Å²) in [6.07, 6.45) is 3.48. The molecule has 2 heterocycles. The van der Waals surface area contributed by atoms with E-state index in [4.69, 9.17) is 10.3 Å². The van der Waals surface area contributed by atoms with Crippen LogP contribution < -0.4 is 5.73 Å². The Labute approximate surface area is 176 Å². The van der Waals surface area contributed by atoms with Gasteiger partial charge in [0.25, 0.3) is 5.88 Å². The van der Waals surface area contributed by atoms with Crippen molar-refractivity contribution >= 4 is 11.8 Å². The quantitative estimate of drug-likeness (QED) is 0.467. The number of rotatable bonds is 4. The van der Waals surface area contributed by atoms with Crippen LogP contribution in [-0.2, 0) is 0 Å². The number of aromatic nitrogens is 1. The molecule has 1 aliphatic rings. The number of guanidine groups is 1. The monoisotopic (exact) mass is 406 g/mol. The molecular formula is C24H27FN4O. The molecule has 6 heteroatoms. The topological polar surface area (TPSA) is 67.6 Å². The highest BCUT2D eigenvalue weighted by Crippen LogP contribution is 2.33. The minimum atomic E-state index is -0.251. The largest absolute Gasteiger partial charge is 0.369 e. The molecule has 0 bridgehead atoms. The molecule has 1 aliphatic heterocycles. The Balaban J connectivity index is 1.57. The van der Waals surface area contributed by atoms with Crippen LogP contribution in [0.1, 0.15) is 48.9 Å². The summed E-state index contributed by atoms with van der Waals surface area (Å²) in [5.74, 6) is 0.500. The van der Waals surface area contributed by atoms with Gasteiger partial charge in [-0.1, -0.05) is 54.5 Å². The molecule has 1 fully saturated rings. The summed E-state index contributed by atoms with van der Waals surface area (Å²) in [4.78, 5) is 6.54. The first-order chi connectivity index (χ1) is 14.5. The molecule has 0 radical (unpaired) electrons. The van der Waals surface area contributed by atoms with Crippen LogP contribution >= 0.6 is 0 Å². The van der Waals surface area contributed by atoms with E-state index in [0.717, 1.165) is 48.3 Å². The van der Waals surface area contributed by atoms with Crippen LogP contribution in [-0.4, -0.2) is 29.1 Å². The number of halogens is 1. The molecule has 0 aliphatic carbocycles. The van der Waals surface area contributed by atoms with Crippen molar-refractivity contribution in [3.8, 4) is 11.1 Å². The van der Waals surface area contributed by atoms with Crippen LogP contribution in [0.25, 0.3) is 11.1 Å². The summed E-state index contributed by atoms with van der Waals surface area (Å²) in [6, 6.07) is 14.9. The van der Waals surface area contributed by atoms with E-state index in [1.54, 1.807) is 6.07 Å². The molecule has 2 aromatic carbocycles. The molecule has 0 spiro atoms. The molecule has 0 saturated carbocycles. The highest BCUT2D eigenvalue weighted by molar-refractivity contribution is 5.80. The number of nitrogens with zero attached hydrogens (tertiary/aromatic N) is 3. The Hall–Kier alpha value is -3.15. The highest BCUT2D eigenvalue weighted by atomic mass is 19.1.